The highest BCUT2D eigenvalue weighted by Gasteiger charge is 2.18. The first-order valence-electron chi connectivity index (χ1n) is 9.90. The van der Waals surface area contributed by atoms with Gasteiger partial charge in [-0.2, -0.15) is 0 Å². The topological polar surface area (TPSA) is 72.7 Å². The van der Waals surface area contributed by atoms with Crippen LogP contribution in [0.25, 0.3) is 5.69 Å². The summed E-state index contributed by atoms with van der Waals surface area (Å²) in [6.07, 6.45) is 0.659. The van der Waals surface area contributed by atoms with E-state index in [2.05, 4.69) is 69.2 Å². The largest absolute Gasteiger partial charge is 0.301 e. The van der Waals surface area contributed by atoms with E-state index < -0.39 is 0 Å². The SMILES string of the molecule is Cc1ccc(-n2c(Cc3ccccc3)nnc2SCC(=O)Nc2nc(C)cs2)c(C)c1. The van der Waals surface area contributed by atoms with Crippen LogP contribution in [-0.4, -0.2) is 31.4 Å². The van der Waals surface area contributed by atoms with Crippen LogP contribution in [0.15, 0.2) is 59.1 Å². The van der Waals surface area contributed by atoms with E-state index in [1.165, 1.54) is 28.7 Å². The lowest BCUT2D eigenvalue weighted by Gasteiger charge is -2.13. The van der Waals surface area contributed by atoms with Crippen LogP contribution in [0.5, 0.6) is 0 Å². The number of thioether (sulfide) groups is 1. The second-order valence-electron chi connectivity index (χ2n) is 7.32. The molecule has 8 heteroatoms. The molecule has 2 aromatic carbocycles. The zero-order valence-electron chi connectivity index (χ0n) is 17.6. The molecule has 0 saturated heterocycles. The molecule has 0 aliphatic heterocycles. The maximum atomic E-state index is 12.4. The van der Waals surface area contributed by atoms with Crippen molar-refractivity contribution >= 4 is 34.1 Å². The van der Waals surface area contributed by atoms with E-state index in [1.54, 1.807) is 0 Å². The summed E-state index contributed by atoms with van der Waals surface area (Å²) < 4.78 is 2.06. The zero-order chi connectivity index (χ0) is 21.8. The van der Waals surface area contributed by atoms with Crippen LogP contribution in [0.2, 0.25) is 0 Å². The Balaban J connectivity index is 1.60. The predicted molar refractivity (Wildman–Crippen MR) is 126 cm³/mol. The van der Waals surface area contributed by atoms with Crippen molar-refractivity contribution in [1.82, 2.24) is 19.7 Å². The number of hydrogen-bond donors (Lipinski definition) is 1. The number of aryl methyl sites for hydroxylation is 3. The van der Waals surface area contributed by atoms with Crippen LogP contribution < -0.4 is 5.32 Å². The van der Waals surface area contributed by atoms with Crippen molar-refractivity contribution in [3.63, 3.8) is 0 Å². The molecule has 0 radical (unpaired) electrons. The van der Waals surface area contributed by atoms with Gasteiger partial charge in [0.2, 0.25) is 5.91 Å². The van der Waals surface area contributed by atoms with Crippen molar-refractivity contribution in [3.05, 3.63) is 82.1 Å². The lowest BCUT2D eigenvalue weighted by Crippen LogP contribution is -2.14. The minimum Gasteiger partial charge on any atom is -0.301 e. The first kappa shape index (κ1) is 21.3. The summed E-state index contributed by atoms with van der Waals surface area (Å²) in [7, 11) is 0. The fraction of sp³-hybridized carbons (Fsp3) is 0.217. The highest BCUT2D eigenvalue weighted by molar-refractivity contribution is 7.99. The molecule has 0 spiro atoms. The zero-order valence-corrected chi connectivity index (χ0v) is 19.3. The first-order valence-corrected chi connectivity index (χ1v) is 11.8. The normalized spacial score (nSPS) is 10.9. The molecular weight excluding hydrogens is 426 g/mol. The van der Waals surface area contributed by atoms with Crippen LogP contribution in [-0.2, 0) is 11.2 Å². The number of thiazole rings is 1. The third kappa shape index (κ3) is 5.21. The predicted octanol–water partition coefficient (Wildman–Crippen LogP) is 4.97. The van der Waals surface area contributed by atoms with Crippen LogP contribution in [0.4, 0.5) is 5.13 Å². The Morgan fingerprint density at radius 3 is 2.61 bits per heavy atom. The second-order valence-corrected chi connectivity index (χ2v) is 9.12. The minimum absolute atomic E-state index is 0.112. The van der Waals surface area contributed by atoms with Gasteiger partial charge in [-0.15, -0.1) is 21.5 Å². The summed E-state index contributed by atoms with van der Waals surface area (Å²) in [5.74, 6) is 0.961. The lowest BCUT2D eigenvalue weighted by atomic mass is 10.1. The molecule has 0 bridgehead atoms. The number of hydrogen-bond acceptors (Lipinski definition) is 6. The molecule has 2 heterocycles. The van der Waals surface area contributed by atoms with Crippen molar-refractivity contribution in [2.75, 3.05) is 11.1 Å². The quantitative estimate of drug-likeness (QED) is 0.403. The number of aromatic nitrogens is 4. The van der Waals surface area contributed by atoms with Gasteiger partial charge in [-0.1, -0.05) is 59.8 Å². The van der Waals surface area contributed by atoms with Crippen LogP contribution >= 0.6 is 23.1 Å². The van der Waals surface area contributed by atoms with E-state index in [1.807, 2.05) is 30.5 Å². The van der Waals surface area contributed by atoms with Gasteiger partial charge in [0.1, 0.15) is 5.82 Å². The standard InChI is InChI=1S/C23H23N5OS2/c1-15-9-10-19(16(2)11-15)28-20(12-18-7-5-4-6-8-18)26-27-23(28)31-14-21(29)25-22-24-17(3)13-30-22/h4-11,13H,12,14H2,1-3H3,(H,24,25,29). The molecule has 1 N–H and O–H groups in total. The third-order valence-corrected chi connectivity index (χ3v) is 6.50. The first-order chi connectivity index (χ1) is 15.0. The van der Waals surface area contributed by atoms with Crippen LogP contribution in [0.3, 0.4) is 0 Å². The van der Waals surface area contributed by atoms with Gasteiger partial charge in [0.15, 0.2) is 10.3 Å². The molecule has 6 nitrogen and oxygen atoms in total. The maximum absolute atomic E-state index is 12.4. The highest BCUT2D eigenvalue weighted by atomic mass is 32.2. The molecule has 0 saturated carbocycles. The number of rotatable bonds is 7. The Morgan fingerprint density at radius 2 is 1.90 bits per heavy atom. The molecule has 158 valence electrons. The molecule has 0 unspecified atom stereocenters. The number of carbonyl (C=O) groups is 1. The smallest absolute Gasteiger partial charge is 0.236 e. The monoisotopic (exact) mass is 449 g/mol. The average Bonchev–Trinajstić information content (AvgIpc) is 3.33. The Morgan fingerprint density at radius 1 is 1.10 bits per heavy atom. The molecule has 4 rings (SSSR count). The van der Waals surface area contributed by atoms with Gasteiger partial charge >= 0.3 is 0 Å². The summed E-state index contributed by atoms with van der Waals surface area (Å²) in [6, 6.07) is 16.5. The number of anilines is 1. The molecular formula is C23H23N5OS2. The van der Waals surface area contributed by atoms with E-state index in [0.717, 1.165) is 28.3 Å². The van der Waals surface area contributed by atoms with Gasteiger partial charge in [-0.05, 0) is 38.0 Å². The number of benzene rings is 2. The lowest BCUT2D eigenvalue weighted by molar-refractivity contribution is -0.113. The van der Waals surface area contributed by atoms with Gasteiger partial charge in [0, 0.05) is 11.8 Å². The fourth-order valence-corrected chi connectivity index (χ4v) is 4.75. The number of amides is 1. The van der Waals surface area contributed by atoms with Crippen molar-refractivity contribution in [1.29, 1.82) is 0 Å². The second kappa shape index (κ2) is 9.45. The van der Waals surface area contributed by atoms with Gasteiger partial charge in [0.05, 0.1) is 17.1 Å². The highest BCUT2D eigenvalue weighted by Crippen LogP contribution is 2.26. The van der Waals surface area contributed by atoms with E-state index in [0.29, 0.717) is 16.7 Å². The number of nitrogens with zero attached hydrogens (tertiary/aromatic N) is 4. The van der Waals surface area contributed by atoms with Gasteiger partial charge in [0.25, 0.3) is 0 Å². The number of carbonyl (C=O) groups excluding carboxylic acids is 1. The Labute approximate surface area is 189 Å². The molecule has 2 aromatic heterocycles. The molecule has 0 aliphatic carbocycles. The van der Waals surface area contributed by atoms with Gasteiger partial charge in [-0.25, -0.2) is 4.98 Å². The third-order valence-electron chi connectivity index (χ3n) is 4.70. The van der Waals surface area contributed by atoms with E-state index in [9.17, 15) is 4.79 Å². The van der Waals surface area contributed by atoms with Crippen LogP contribution in [0.1, 0.15) is 28.2 Å². The van der Waals surface area contributed by atoms with Gasteiger partial charge < -0.3 is 5.32 Å². The molecule has 0 atom stereocenters. The summed E-state index contributed by atoms with van der Waals surface area (Å²) in [5.41, 5.74) is 5.42. The fourth-order valence-electron chi connectivity index (χ4n) is 3.28. The van der Waals surface area contributed by atoms with Crippen LogP contribution in [0, 0.1) is 20.8 Å². The van der Waals surface area contributed by atoms with E-state index in [4.69, 9.17) is 0 Å². The maximum Gasteiger partial charge on any atom is 0.236 e. The number of nitrogens with one attached hydrogen (secondary N) is 1. The van der Waals surface area contributed by atoms with Crippen molar-refractivity contribution in [2.45, 2.75) is 32.3 Å². The average molecular weight is 450 g/mol. The molecule has 0 fully saturated rings. The molecule has 4 aromatic rings. The van der Waals surface area contributed by atoms with Crippen molar-refractivity contribution in [2.24, 2.45) is 0 Å². The summed E-state index contributed by atoms with van der Waals surface area (Å²) in [5, 5.41) is 15.0. The van der Waals surface area contributed by atoms with Crippen molar-refractivity contribution < 1.29 is 4.79 Å². The summed E-state index contributed by atoms with van der Waals surface area (Å²) >= 11 is 2.80. The Hall–Kier alpha value is -2.97. The summed E-state index contributed by atoms with van der Waals surface area (Å²) in [4.78, 5) is 16.7. The summed E-state index contributed by atoms with van der Waals surface area (Å²) in [6.45, 7) is 6.07. The van der Waals surface area contributed by atoms with Crippen molar-refractivity contribution in [3.8, 4) is 5.69 Å². The molecule has 0 aliphatic rings. The minimum atomic E-state index is -0.112. The van der Waals surface area contributed by atoms with E-state index >= 15 is 0 Å². The Kier molecular flexibility index (Phi) is 6.48. The molecule has 31 heavy (non-hydrogen) atoms. The molecule has 1 amide bonds. The van der Waals surface area contributed by atoms with E-state index in [-0.39, 0.29) is 11.7 Å². The Bertz CT molecular complexity index is 1200. The van der Waals surface area contributed by atoms with Gasteiger partial charge in [-0.3, -0.25) is 9.36 Å².